The van der Waals surface area contributed by atoms with Crippen molar-refractivity contribution in [2.45, 2.75) is 58.3 Å². The maximum atomic E-state index is 12.1. The van der Waals surface area contributed by atoms with Crippen LogP contribution in [0.4, 0.5) is 5.82 Å². The van der Waals surface area contributed by atoms with Gasteiger partial charge in [0.15, 0.2) is 0 Å². The molecular weight excluding hydrogens is 408 g/mol. The minimum Gasteiger partial charge on any atom is -0.369 e. The first kappa shape index (κ1) is 25.6. The largest absolute Gasteiger partial charge is 0.369 e. The molecule has 2 aromatic heterocycles. The van der Waals surface area contributed by atoms with Crippen molar-refractivity contribution in [3.63, 3.8) is 0 Å². The van der Waals surface area contributed by atoms with E-state index in [-0.39, 0.29) is 12.3 Å². The van der Waals surface area contributed by atoms with Gasteiger partial charge in [-0.2, -0.15) is 0 Å². The molecule has 0 unspecified atom stereocenters. The van der Waals surface area contributed by atoms with Gasteiger partial charge in [0.1, 0.15) is 11.5 Å². The summed E-state index contributed by atoms with van der Waals surface area (Å²) in [6.45, 7) is 4.15. The Morgan fingerprint density at radius 3 is 2.59 bits per heavy atom. The Morgan fingerprint density at radius 2 is 1.88 bits per heavy atom. The van der Waals surface area contributed by atoms with E-state index in [0.717, 1.165) is 42.1 Å². The van der Waals surface area contributed by atoms with Crippen molar-refractivity contribution in [2.24, 2.45) is 0 Å². The zero-order valence-corrected chi connectivity index (χ0v) is 19.6. The van der Waals surface area contributed by atoms with Crippen LogP contribution in [-0.4, -0.2) is 65.0 Å². The highest BCUT2D eigenvalue weighted by Crippen LogP contribution is 2.22. The summed E-state index contributed by atoms with van der Waals surface area (Å²) in [4.78, 5) is 30.3. The number of unbranched alkanes of at least 4 members (excludes halogenated alkanes) is 3. The molecule has 0 fully saturated rings. The molecule has 0 aliphatic rings. The Balaban J connectivity index is 2.08. The quantitative estimate of drug-likeness (QED) is 0.190. The second-order valence-corrected chi connectivity index (χ2v) is 8.35. The van der Waals surface area contributed by atoms with Gasteiger partial charge in [-0.1, -0.05) is 32.3 Å². The van der Waals surface area contributed by atoms with Crippen LogP contribution >= 0.6 is 0 Å². The average molecular weight is 447 g/mol. The number of carbonyl (C=O) groups is 2. The van der Waals surface area contributed by atoms with Gasteiger partial charge in [-0.25, -0.2) is 10.5 Å². The van der Waals surface area contributed by atoms with Gasteiger partial charge >= 0.3 is 0 Å². The van der Waals surface area contributed by atoms with Gasteiger partial charge in [0, 0.05) is 38.7 Å². The first-order valence-electron chi connectivity index (χ1n) is 11.5. The van der Waals surface area contributed by atoms with Gasteiger partial charge in [-0.3, -0.25) is 19.2 Å². The number of fused-ring (bicyclic) bond motifs is 1. The van der Waals surface area contributed by atoms with E-state index >= 15 is 0 Å². The number of hydrogen-bond donors (Lipinski definition) is 4. The number of anilines is 1. The molecule has 32 heavy (non-hydrogen) atoms. The normalized spacial score (nSPS) is 11.2. The van der Waals surface area contributed by atoms with E-state index in [1.807, 2.05) is 41.7 Å². The molecule has 0 radical (unpaired) electrons. The molecule has 0 atom stereocenters. The Labute approximate surface area is 190 Å². The average Bonchev–Trinajstić information content (AvgIpc) is 3.11. The van der Waals surface area contributed by atoms with Crippen LogP contribution in [0.5, 0.6) is 0 Å². The van der Waals surface area contributed by atoms with Crippen LogP contribution in [0.25, 0.3) is 5.65 Å². The number of rotatable bonds is 15. The monoisotopic (exact) mass is 446 g/mol. The lowest BCUT2D eigenvalue weighted by Crippen LogP contribution is -2.32. The molecule has 0 aromatic carbocycles. The molecule has 4 N–H and O–H groups in total. The van der Waals surface area contributed by atoms with Crippen LogP contribution in [0.15, 0.2) is 18.3 Å². The lowest BCUT2D eigenvalue weighted by molar-refractivity contribution is -0.129. The molecule has 2 amide bonds. The van der Waals surface area contributed by atoms with Crippen LogP contribution < -0.4 is 16.1 Å². The van der Waals surface area contributed by atoms with Crippen LogP contribution in [0, 0.1) is 0 Å². The number of amides is 2. The molecule has 178 valence electrons. The summed E-state index contributed by atoms with van der Waals surface area (Å²) in [7, 11) is 3.95. The Kier molecular flexibility index (Phi) is 11.0. The topological polar surface area (TPSA) is 111 Å². The number of likely N-dealkylation sites (N-methyl/N-ethyl adjacent to an activating group) is 1. The Morgan fingerprint density at radius 1 is 1.06 bits per heavy atom. The molecule has 0 saturated carbocycles. The fourth-order valence-corrected chi connectivity index (χ4v) is 3.48. The van der Waals surface area contributed by atoms with Crippen molar-refractivity contribution in [1.82, 2.24) is 25.1 Å². The molecule has 9 heteroatoms. The number of carbonyl (C=O) groups excluding carboxylic acids is 2. The number of imidazole rings is 1. The predicted octanol–water partition coefficient (Wildman–Crippen LogP) is 2.37. The van der Waals surface area contributed by atoms with Crippen molar-refractivity contribution in [2.75, 3.05) is 39.0 Å². The lowest BCUT2D eigenvalue weighted by atomic mass is 10.1. The number of aryl methyl sites for hydroxylation is 2. The third-order valence-electron chi connectivity index (χ3n) is 5.31. The SMILES string of the molecule is CCCCCCc1nc2ccc(CCC(=O)NO)cn2c1NCCC(=O)NCCN(C)C. The van der Waals surface area contributed by atoms with Gasteiger partial charge in [0.2, 0.25) is 11.8 Å². The first-order chi connectivity index (χ1) is 15.4. The number of hydrogen-bond acceptors (Lipinski definition) is 6. The maximum Gasteiger partial charge on any atom is 0.243 e. The van der Waals surface area contributed by atoms with E-state index < -0.39 is 5.91 Å². The van der Waals surface area contributed by atoms with E-state index in [0.29, 0.717) is 25.9 Å². The number of nitrogens with one attached hydrogen (secondary N) is 3. The smallest absolute Gasteiger partial charge is 0.243 e. The number of aromatic nitrogens is 2. The molecule has 0 spiro atoms. The minimum absolute atomic E-state index is 0.0216. The second kappa shape index (κ2) is 13.7. The summed E-state index contributed by atoms with van der Waals surface area (Å²) in [5.74, 6) is 0.519. The molecule has 0 bridgehead atoms. The van der Waals surface area contributed by atoms with Crippen LogP contribution in [0.3, 0.4) is 0 Å². The van der Waals surface area contributed by atoms with Gasteiger partial charge < -0.3 is 15.5 Å². The standard InChI is InChI=1S/C23H38N6O3/c1-4-5-6-7-8-19-23(25-14-13-21(30)24-15-16-28(2)3)29-17-18(9-11-20(29)26-19)10-12-22(31)27-32/h9,11,17,25,32H,4-8,10,12-16H2,1-3H3,(H,24,30)(H,27,31). The van der Waals surface area contributed by atoms with Crippen LogP contribution in [-0.2, 0) is 22.4 Å². The van der Waals surface area contributed by atoms with Crippen molar-refractivity contribution >= 4 is 23.3 Å². The number of hydroxylamine groups is 1. The molecule has 2 aromatic rings. The van der Waals surface area contributed by atoms with Crippen molar-refractivity contribution in [1.29, 1.82) is 0 Å². The number of nitrogens with zero attached hydrogens (tertiary/aromatic N) is 3. The summed E-state index contributed by atoms with van der Waals surface area (Å²) in [6.07, 6.45) is 8.58. The highest BCUT2D eigenvalue weighted by atomic mass is 16.5. The fraction of sp³-hybridized carbons (Fsp3) is 0.609. The summed E-state index contributed by atoms with van der Waals surface area (Å²) in [6, 6.07) is 3.90. The predicted molar refractivity (Wildman–Crippen MR) is 126 cm³/mol. The lowest BCUT2D eigenvalue weighted by Gasteiger charge is -2.12. The molecule has 0 saturated heterocycles. The molecule has 2 heterocycles. The van der Waals surface area contributed by atoms with Gasteiger partial charge in [0.25, 0.3) is 0 Å². The number of pyridine rings is 1. The summed E-state index contributed by atoms with van der Waals surface area (Å²) in [5, 5.41) is 15.1. The zero-order chi connectivity index (χ0) is 23.3. The second-order valence-electron chi connectivity index (χ2n) is 8.35. The molecule has 0 aliphatic carbocycles. The first-order valence-corrected chi connectivity index (χ1v) is 11.5. The Bertz CT molecular complexity index is 865. The summed E-state index contributed by atoms with van der Waals surface area (Å²) < 4.78 is 2.01. The van der Waals surface area contributed by atoms with Gasteiger partial charge in [0.05, 0.1) is 5.69 Å². The van der Waals surface area contributed by atoms with Crippen LogP contribution in [0.2, 0.25) is 0 Å². The van der Waals surface area contributed by atoms with E-state index in [2.05, 4.69) is 17.6 Å². The van der Waals surface area contributed by atoms with Crippen molar-refractivity contribution in [3.05, 3.63) is 29.6 Å². The molecule has 2 rings (SSSR count). The maximum absolute atomic E-state index is 12.1. The summed E-state index contributed by atoms with van der Waals surface area (Å²) >= 11 is 0. The van der Waals surface area contributed by atoms with Crippen molar-refractivity contribution in [3.8, 4) is 0 Å². The zero-order valence-electron chi connectivity index (χ0n) is 19.6. The minimum atomic E-state index is -0.411. The molecular formula is C23H38N6O3. The van der Waals surface area contributed by atoms with E-state index in [1.165, 1.54) is 19.3 Å². The van der Waals surface area contributed by atoms with Crippen LogP contribution in [0.1, 0.15) is 56.7 Å². The molecule has 0 aliphatic heterocycles. The van der Waals surface area contributed by atoms with Gasteiger partial charge in [-0.15, -0.1) is 0 Å². The third kappa shape index (κ3) is 8.47. The molecule has 9 nitrogen and oxygen atoms in total. The van der Waals surface area contributed by atoms with E-state index in [9.17, 15) is 9.59 Å². The van der Waals surface area contributed by atoms with Crippen molar-refractivity contribution < 1.29 is 14.8 Å². The van der Waals surface area contributed by atoms with E-state index in [4.69, 9.17) is 10.2 Å². The highest BCUT2D eigenvalue weighted by Gasteiger charge is 2.13. The highest BCUT2D eigenvalue weighted by molar-refractivity contribution is 5.76. The van der Waals surface area contributed by atoms with E-state index in [1.54, 1.807) is 5.48 Å². The third-order valence-corrected chi connectivity index (χ3v) is 5.31. The Hall–Kier alpha value is -2.65. The summed E-state index contributed by atoms with van der Waals surface area (Å²) in [5.41, 5.74) is 4.48. The fourth-order valence-electron chi connectivity index (χ4n) is 3.48. The van der Waals surface area contributed by atoms with Gasteiger partial charge in [-0.05, 0) is 45.0 Å².